The Kier molecular flexibility index (Phi) is 8.26. The Labute approximate surface area is 262 Å². The van der Waals surface area contributed by atoms with E-state index in [4.69, 9.17) is 14.2 Å². The maximum atomic E-state index is 13.1. The van der Waals surface area contributed by atoms with Crippen molar-refractivity contribution in [3.8, 4) is 11.5 Å². The molecule has 6 rings (SSSR count). The minimum atomic E-state index is -0.953. The van der Waals surface area contributed by atoms with Crippen LogP contribution in [0.25, 0.3) is 10.8 Å². The number of allylic oxidation sites excluding steroid dienone is 1. The number of para-hydroxylation sites is 1. The van der Waals surface area contributed by atoms with Crippen molar-refractivity contribution < 1.29 is 28.5 Å². The van der Waals surface area contributed by atoms with Gasteiger partial charge in [-0.25, -0.2) is 0 Å². The fraction of sp³-hybridized carbons (Fsp3) is 0.278. The van der Waals surface area contributed by atoms with Gasteiger partial charge in [0.2, 0.25) is 11.6 Å². The summed E-state index contributed by atoms with van der Waals surface area (Å²) < 4.78 is 20.3. The maximum absolute atomic E-state index is 13.1. The monoisotopic (exact) mass is 606 g/mol. The molecule has 0 bridgehead atoms. The van der Waals surface area contributed by atoms with E-state index in [0.717, 1.165) is 45.8 Å². The highest BCUT2D eigenvalue weighted by Gasteiger charge is 2.51. The number of hydrogen-bond acceptors (Lipinski definition) is 7. The first-order valence-electron chi connectivity index (χ1n) is 15.3. The van der Waals surface area contributed by atoms with Crippen molar-refractivity contribution in [1.82, 2.24) is 0 Å². The Bertz CT molecular complexity index is 1830. The van der Waals surface area contributed by atoms with Crippen molar-refractivity contribution in [3.05, 3.63) is 113 Å². The average Bonchev–Trinajstić information content (AvgIpc) is 3.50. The van der Waals surface area contributed by atoms with Crippen LogP contribution in [0.4, 0.5) is 17.1 Å². The number of hydrogen-bond donors (Lipinski definition) is 0. The fourth-order valence-corrected chi connectivity index (χ4v) is 6.32. The average molecular weight is 607 g/mol. The molecular weight excluding hydrogens is 570 g/mol. The van der Waals surface area contributed by atoms with Gasteiger partial charge < -0.3 is 19.1 Å². The third-order valence-corrected chi connectivity index (χ3v) is 8.39. The number of rotatable bonds is 11. The number of ether oxygens (including phenoxy) is 3. The van der Waals surface area contributed by atoms with E-state index in [9.17, 15) is 14.9 Å². The first-order chi connectivity index (χ1) is 21.8. The molecule has 45 heavy (non-hydrogen) atoms. The Morgan fingerprint density at radius 3 is 2.58 bits per heavy atom. The van der Waals surface area contributed by atoms with Crippen LogP contribution >= 0.6 is 0 Å². The predicted octanol–water partition coefficient (Wildman–Crippen LogP) is 7.29. The van der Waals surface area contributed by atoms with E-state index in [1.165, 1.54) is 6.07 Å². The van der Waals surface area contributed by atoms with Gasteiger partial charge in [0, 0.05) is 35.7 Å². The molecule has 0 aliphatic carbocycles. The number of nitro groups is 1. The van der Waals surface area contributed by atoms with E-state index in [-0.39, 0.29) is 24.7 Å². The molecule has 1 atom stereocenters. The summed E-state index contributed by atoms with van der Waals surface area (Å²) in [7, 11) is 0. The summed E-state index contributed by atoms with van der Waals surface area (Å²) in [5.74, 6) is 1.77. The molecule has 0 spiro atoms. The molecule has 0 aromatic heterocycles. The Balaban J connectivity index is 1.50. The quantitative estimate of drug-likeness (QED) is 0.0766. The van der Waals surface area contributed by atoms with Crippen LogP contribution < -0.4 is 14.4 Å². The van der Waals surface area contributed by atoms with Gasteiger partial charge in [-0.3, -0.25) is 14.9 Å². The van der Waals surface area contributed by atoms with Gasteiger partial charge in [0.05, 0.1) is 35.1 Å². The van der Waals surface area contributed by atoms with Crippen molar-refractivity contribution in [2.24, 2.45) is 0 Å². The lowest BCUT2D eigenvalue weighted by molar-refractivity contribution is -0.440. The van der Waals surface area contributed by atoms with Crippen LogP contribution in [-0.4, -0.2) is 47.5 Å². The number of non-ortho nitro benzene ring substituents is 1. The normalized spacial score (nSPS) is 17.8. The van der Waals surface area contributed by atoms with Gasteiger partial charge >= 0.3 is 5.97 Å². The summed E-state index contributed by atoms with van der Waals surface area (Å²) in [6.45, 7) is 7.55. The number of carbonyl (C=O) groups excluding carboxylic acids is 1. The zero-order valence-electron chi connectivity index (χ0n) is 25.7. The SMILES string of the molecule is CCCN1/C(=C/C2=[N+](CCOc3ccccc3)c3ccc([N+](=O)[O-])cc3C2(C)CC(=O)OCC)Oc2c1ccc1ccccc21. The number of esters is 1. The first kappa shape index (κ1) is 29.9. The second-order valence-corrected chi connectivity index (χ2v) is 11.3. The van der Waals surface area contributed by atoms with Crippen LogP contribution in [0.3, 0.4) is 0 Å². The van der Waals surface area contributed by atoms with Gasteiger partial charge in [0.1, 0.15) is 12.4 Å². The van der Waals surface area contributed by atoms with Gasteiger partial charge in [-0.15, -0.1) is 0 Å². The second kappa shape index (κ2) is 12.4. The molecule has 2 aliphatic rings. The fourth-order valence-electron chi connectivity index (χ4n) is 6.32. The molecule has 0 amide bonds. The van der Waals surface area contributed by atoms with Crippen molar-refractivity contribution in [1.29, 1.82) is 0 Å². The summed E-state index contributed by atoms with van der Waals surface area (Å²) >= 11 is 0. The van der Waals surface area contributed by atoms with Crippen LogP contribution in [0.2, 0.25) is 0 Å². The van der Waals surface area contributed by atoms with Crippen molar-refractivity contribution in [2.75, 3.05) is 31.2 Å². The first-order valence-corrected chi connectivity index (χ1v) is 15.3. The molecule has 4 aromatic carbocycles. The van der Waals surface area contributed by atoms with E-state index >= 15 is 0 Å². The van der Waals surface area contributed by atoms with Crippen molar-refractivity contribution in [2.45, 2.75) is 39.0 Å². The highest BCUT2D eigenvalue weighted by Crippen LogP contribution is 2.47. The zero-order valence-corrected chi connectivity index (χ0v) is 25.7. The van der Waals surface area contributed by atoms with E-state index < -0.39 is 10.3 Å². The van der Waals surface area contributed by atoms with Gasteiger partial charge in [0.25, 0.3) is 5.69 Å². The molecule has 0 N–H and O–H groups in total. The zero-order chi connectivity index (χ0) is 31.6. The molecule has 4 aromatic rings. The molecule has 2 heterocycles. The van der Waals surface area contributed by atoms with Crippen LogP contribution in [-0.2, 0) is 14.9 Å². The topological polar surface area (TPSA) is 94.2 Å². The minimum absolute atomic E-state index is 0.00613. The van der Waals surface area contributed by atoms with E-state index in [1.54, 1.807) is 19.1 Å². The molecule has 0 saturated heterocycles. The number of benzene rings is 4. The summed E-state index contributed by atoms with van der Waals surface area (Å²) in [6.07, 6.45) is 2.86. The maximum Gasteiger partial charge on any atom is 0.307 e. The summed E-state index contributed by atoms with van der Waals surface area (Å²) in [4.78, 5) is 26.8. The van der Waals surface area contributed by atoms with Crippen molar-refractivity contribution in [3.63, 3.8) is 0 Å². The van der Waals surface area contributed by atoms with Crippen molar-refractivity contribution >= 4 is 39.5 Å². The van der Waals surface area contributed by atoms with Gasteiger partial charge in [-0.2, -0.15) is 4.58 Å². The van der Waals surface area contributed by atoms with Crippen LogP contribution in [0.15, 0.2) is 96.9 Å². The summed E-state index contributed by atoms with van der Waals surface area (Å²) in [5, 5.41) is 14.0. The number of fused-ring (bicyclic) bond motifs is 4. The molecular formula is C36H36N3O6+. The lowest BCUT2D eigenvalue weighted by atomic mass is 9.76. The molecule has 9 heteroatoms. The van der Waals surface area contributed by atoms with Gasteiger partial charge in [-0.1, -0.05) is 55.5 Å². The van der Waals surface area contributed by atoms with E-state index in [1.807, 2.05) is 55.5 Å². The number of nitrogens with zero attached hydrogens (tertiary/aromatic N) is 3. The third kappa shape index (κ3) is 5.61. The molecule has 0 saturated carbocycles. The third-order valence-electron chi connectivity index (χ3n) is 8.39. The minimum Gasteiger partial charge on any atom is -0.487 e. The molecule has 0 radical (unpaired) electrons. The Morgan fingerprint density at radius 2 is 1.82 bits per heavy atom. The molecule has 9 nitrogen and oxygen atoms in total. The summed E-state index contributed by atoms with van der Waals surface area (Å²) in [5.41, 5.74) is 2.21. The van der Waals surface area contributed by atoms with Crippen LogP contribution in [0.5, 0.6) is 11.5 Å². The highest BCUT2D eigenvalue weighted by molar-refractivity contribution is 6.06. The molecule has 1 unspecified atom stereocenters. The largest absolute Gasteiger partial charge is 0.487 e. The highest BCUT2D eigenvalue weighted by atomic mass is 16.6. The lowest BCUT2D eigenvalue weighted by Crippen LogP contribution is -2.36. The number of anilines is 1. The lowest BCUT2D eigenvalue weighted by Gasteiger charge is -2.23. The second-order valence-electron chi connectivity index (χ2n) is 11.3. The Morgan fingerprint density at radius 1 is 1.04 bits per heavy atom. The van der Waals surface area contributed by atoms with E-state index in [0.29, 0.717) is 31.1 Å². The smallest absolute Gasteiger partial charge is 0.307 e. The number of nitro benzene ring substituents is 1. The molecule has 2 aliphatic heterocycles. The van der Waals surface area contributed by atoms with Gasteiger partial charge in [-0.05, 0) is 43.9 Å². The Hall–Kier alpha value is -5.18. The molecule has 0 fully saturated rings. The predicted molar refractivity (Wildman–Crippen MR) is 174 cm³/mol. The number of carbonyl (C=O) groups is 1. The molecule has 230 valence electrons. The van der Waals surface area contributed by atoms with Crippen LogP contribution in [0.1, 0.15) is 39.2 Å². The summed E-state index contributed by atoms with van der Waals surface area (Å²) in [6, 6.07) is 26.7. The standard InChI is InChI=1S/C36H36N3O6/c1-4-19-38-31-17-15-25-11-9-10-14-28(25)35(31)45-33(38)23-32-36(3,24-34(40)43-5-2)29-22-26(39(41)42)16-18-30(29)37(32)20-21-44-27-12-7-6-8-13-27/h6-18,22-23H,4-5,19-21,24H2,1-3H3/q+1. The van der Waals surface area contributed by atoms with Crippen LogP contribution in [0, 0.1) is 10.1 Å². The van der Waals surface area contributed by atoms with E-state index in [2.05, 4.69) is 40.7 Å². The van der Waals surface area contributed by atoms with Gasteiger partial charge in [0.15, 0.2) is 18.0 Å².